The number of nitrogens with zero attached hydrogens (tertiary/aromatic N) is 4. The number of aromatic amines is 2. The van der Waals surface area contributed by atoms with E-state index in [9.17, 15) is 67.4 Å². The van der Waals surface area contributed by atoms with Crippen molar-refractivity contribution in [2.24, 2.45) is 5.73 Å². The summed E-state index contributed by atoms with van der Waals surface area (Å²) in [5, 5.41) is 28.8. The van der Waals surface area contributed by atoms with E-state index in [0.717, 1.165) is 22.3 Å². The lowest BCUT2D eigenvalue weighted by molar-refractivity contribution is -0.145. The zero-order valence-corrected chi connectivity index (χ0v) is 46.0. The van der Waals surface area contributed by atoms with E-state index in [0.29, 0.717) is 75.9 Å². The number of hydrogen-bond donors (Lipinski definition) is 6. The van der Waals surface area contributed by atoms with E-state index < -0.39 is 86.9 Å². The highest BCUT2D eigenvalue weighted by atomic mass is 19.4. The number of benzene rings is 5. The predicted molar refractivity (Wildman–Crippen MR) is 288 cm³/mol. The fourth-order valence-electron chi connectivity index (χ4n) is 11.2. The number of halogens is 12. The van der Waals surface area contributed by atoms with Gasteiger partial charge < -0.3 is 30.9 Å². The molecule has 2 aliphatic rings. The second kappa shape index (κ2) is 25.5. The summed E-state index contributed by atoms with van der Waals surface area (Å²) in [7, 11) is 0. The van der Waals surface area contributed by atoms with Crippen LogP contribution in [-0.4, -0.2) is 67.5 Å². The van der Waals surface area contributed by atoms with Crippen molar-refractivity contribution in [1.29, 1.82) is 0 Å². The number of nitrogens with one attached hydrogen (secondary N) is 4. The molecule has 2 aromatic heterocycles. The Kier molecular flexibility index (Phi) is 19.1. The average molecular weight is 1210 g/mol. The monoisotopic (exact) mass is 1210 g/mol. The molecule has 5 aromatic carbocycles. The van der Waals surface area contributed by atoms with E-state index >= 15 is 0 Å². The minimum atomic E-state index is -4.96. The van der Waals surface area contributed by atoms with Crippen molar-refractivity contribution in [2.45, 2.75) is 124 Å². The average Bonchev–Trinajstić information content (AvgIpc) is 1.90. The predicted octanol–water partition coefficient (Wildman–Crippen LogP) is 11.2. The Bertz CT molecular complexity index is 3350. The minimum Gasteiger partial charge on any atom is -0.392 e. The normalized spacial score (nSPS) is 22.1. The first-order valence-electron chi connectivity index (χ1n) is 27.1. The molecule has 7 aromatic rings. The van der Waals surface area contributed by atoms with Crippen LogP contribution in [-0.2, 0) is 69.4 Å². The van der Waals surface area contributed by atoms with Crippen LogP contribution >= 0.6 is 0 Å². The lowest BCUT2D eigenvalue weighted by Crippen LogP contribution is -2.62. The summed E-state index contributed by atoms with van der Waals surface area (Å²) in [6.07, 6.45) is -16.2. The first kappa shape index (κ1) is 63.9. The van der Waals surface area contributed by atoms with Crippen molar-refractivity contribution < 1.29 is 67.3 Å². The van der Waals surface area contributed by atoms with Gasteiger partial charge in [-0.25, -0.2) is 19.8 Å². The molecule has 458 valence electrons. The molecule has 1 aliphatic carbocycles. The van der Waals surface area contributed by atoms with E-state index in [1.165, 1.54) is 31.1 Å². The van der Waals surface area contributed by atoms with Crippen LogP contribution in [0.3, 0.4) is 0 Å². The van der Waals surface area contributed by atoms with Gasteiger partial charge in [0.1, 0.15) is 12.7 Å². The highest BCUT2D eigenvalue weighted by Gasteiger charge is 2.48. The van der Waals surface area contributed by atoms with Gasteiger partial charge in [-0.3, -0.25) is 9.13 Å². The number of rotatable bonds is 18. The third kappa shape index (κ3) is 14.8. The summed E-state index contributed by atoms with van der Waals surface area (Å²) in [5.41, 5.74) is -0.118. The number of H-pyrrole nitrogens is 2. The van der Waals surface area contributed by atoms with E-state index in [1.807, 2.05) is 84.9 Å². The molecule has 1 saturated heterocycles. The molecular formula is C59H63F12N9O5. The van der Waals surface area contributed by atoms with Gasteiger partial charge in [0.15, 0.2) is 0 Å². The Morgan fingerprint density at radius 2 is 1.00 bits per heavy atom. The zero-order chi connectivity index (χ0) is 61.6. The van der Waals surface area contributed by atoms with Gasteiger partial charge >= 0.3 is 36.1 Å². The Morgan fingerprint density at radius 3 is 1.40 bits per heavy atom. The molecule has 14 nitrogen and oxygen atoms in total. The van der Waals surface area contributed by atoms with Gasteiger partial charge in [0.05, 0.1) is 70.9 Å². The molecule has 4 atom stereocenters. The molecule has 0 unspecified atom stereocenters. The van der Waals surface area contributed by atoms with E-state index in [-0.39, 0.29) is 61.9 Å². The number of aliphatic hydroxyl groups is 1. The van der Waals surface area contributed by atoms with E-state index in [1.54, 1.807) is 4.57 Å². The topological polar surface area (TPSA) is 190 Å². The Labute approximate surface area is 479 Å². The summed E-state index contributed by atoms with van der Waals surface area (Å²) in [5.74, 6) is 0. The highest BCUT2D eigenvalue weighted by molar-refractivity contribution is 5.37. The van der Waals surface area contributed by atoms with Crippen molar-refractivity contribution in [3.05, 3.63) is 211 Å². The maximum atomic E-state index is 13.5. The van der Waals surface area contributed by atoms with Crippen LogP contribution in [0, 0.1) is 0 Å². The Hall–Kier alpha value is -7.10. The van der Waals surface area contributed by atoms with Crippen LogP contribution < -0.4 is 27.7 Å². The number of aromatic nitrogens is 6. The van der Waals surface area contributed by atoms with Gasteiger partial charge in [0.25, 0.3) is 0 Å². The molecule has 7 N–H and O–H groups in total. The zero-order valence-electron chi connectivity index (χ0n) is 46.0. The summed E-state index contributed by atoms with van der Waals surface area (Å²) in [4.78, 5) is 25.1. The lowest BCUT2D eigenvalue weighted by Gasteiger charge is -2.47. The van der Waals surface area contributed by atoms with Crippen molar-refractivity contribution in [1.82, 2.24) is 40.2 Å². The highest BCUT2D eigenvalue weighted by Crippen LogP contribution is 2.48. The fourth-order valence-corrected chi connectivity index (χ4v) is 11.2. The molecule has 9 rings (SSSR count). The number of hydrogen-bond acceptors (Lipinski definition) is 10. The van der Waals surface area contributed by atoms with Gasteiger partial charge in [-0.05, 0) is 122 Å². The number of nitrogens with two attached hydrogens (primary N) is 1. The van der Waals surface area contributed by atoms with Gasteiger partial charge in [-0.2, -0.15) is 62.9 Å². The lowest BCUT2D eigenvalue weighted by atomic mass is 9.64. The summed E-state index contributed by atoms with van der Waals surface area (Å²) in [6, 6.07) is 29.1. The van der Waals surface area contributed by atoms with Crippen molar-refractivity contribution >= 4 is 0 Å². The molecule has 0 spiro atoms. The van der Waals surface area contributed by atoms with Crippen LogP contribution in [0.4, 0.5) is 52.7 Å². The molecule has 0 amide bonds. The molecular weight excluding hydrogens is 1140 g/mol. The summed E-state index contributed by atoms with van der Waals surface area (Å²) < 4.78 is 176. The standard InChI is InChI=1S/C34H36F6N4O3.C25H27F6N5O2/c1-23(26-15-28(33(35,36)37)17-29(16-26)34(38,39)40)47-21-31(27-5-3-2-4-6-27)11-13-32(14-12-31,44-22-42-43-30(44)46)20-41-18-24-7-9-25(19-45)10-8-24;1-16(17-9-19(24(26,27)28)11-20(10-17)25(29,30)31)38-14-23(18-5-3-2-4-6-18)8-7-22(12-32,13-33-23)36-15-34-35-21(36)37/h2-10,15-17,22-23,41,45H,11-14,18-21H2,1H3,(H,43,46);2-6,9-11,15-16,33H,7-8,12-14,32H2,1H3,(H,35,37)/t23-,31?,32?;16-,22-,23-/m11/s1. The van der Waals surface area contributed by atoms with Crippen molar-refractivity contribution in [2.75, 3.05) is 32.8 Å². The molecule has 1 saturated carbocycles. The third-order valence-electron chi connectivity index (χ3n) is 16.5. The first-order valence-corrected chi connectivity index (χ1v) is 27.1. The van der Waals surface area contributed by atoms with Crippen LogP contribution in [0.1, 0.15) is 120 Å². The van der Waals surface area contributed by atoms with Gasteiger partial charge in [-0.15, -0.1) is 0 Å². The van der Waals surface area contributed by atoms with Gasteiger partial charge in [-0.1, -0.05) is 84.9 Å². The van der Waals surface area contributed by atoms with Gasteiger partial charge in [0, 0.05) is 31.6 Å². The quantitative estimate of drug-likeness (QED) is 0.0451. The molecule has 26 heteroatoms. The molecule has 85 heavy (non-hydrogen) atoms. The number of aliphatic hydroxyl groups excluding tert-OH is 1. The molecule has 3 heterocycles. The Balaban J connectivity index is 0.000000226. The van der Waals surface area contributed by atoms with Crippen molar-refractivity contribution in [3.8, 4) is 0 Å². The summed E-state index contributed by atoms with van der Waals surface area (Å²) in [6.45, 7) is 4.11. The van der Waals surface area contributed by atoms with E-state index in [2.05, 4.69) is 31.0 Å². The molecule has 1 aliphatic heterocycles. The number of alkyl halides is 12. The first-order chi connectivity index (χ1) is 40.0. The third-order valence-corrected chi connectivity index (χ3v) is 16.5. The number of piperidine rings is 1. The van der Waals surface area contributed by atoms with Gasteiger partial charge in [0.2, 0.25) is 0 Å². The van der Waals surface area contributed by atoms with Crippen LogP contribution in [0.2, 0.25) is 0 Å². The van der Waals surface area contributed by atoms with Crippen molar-refractivity contribution in [3.63, 3.8) is 0 Å². The van der Waals surface area contributed by atoms with E-state index in [4.69, 9.17) is 15.2 Å². The van der Waals surface area contributed by atoms with Crippen LogP contribution in [0.25, 0.3) is 0 Å². The maximum absolute atomic E-state index is 13.5. The number of ether oxygens (including phenoxy) is 2. The molecule has 0 radical (unpaired) electrons. The SMILES string of the molecule is C[C@@H](OCC1(c2ccccc2)CCC(CNCc2ccc(CO)cc2)(n2cn[nH]c2=O)CC1)c1cc(C(F)(F)F)cc(C(F)(F)F)c1.C[C@@H](OC[C@@]1(c2ccccc2)CC[C@](CN)(n2cn[nH]c2=O)CN1)c1cc(C(F)(F)F)cc(C(F)(F)F)c1. The Morgan fingerprint density at radius 1 is 0.576 bits per heavy atom. The summed E-state index contributed by atoms with van der Waals surface area (Å²) >= 11 is 0. The largest absolute Gasteiger partial charge is 0.416 e. The second-order valence-corrected chi connectivity index (χ2v) is 21.8. The van der Waals surface area contributed by atoms with Crippen LogP contribution in [0.5, 0.6) is 0 Å². The molecule has 2 fully saturated rings. The minimum absolute atomic E-state index is 0.0385. The van der Waals surface area contributed by atoms with Crippen LogP contribution in [0.15, 0.2) is 144 Å². The second-order valence-electron chi connectivity index (χ2n) is 21.8. The molecule has 0 bridgehead atoms. The maximum Gasteiger partial charge on any atom is 0.416 e. The fraction of sp³-hybridized carbons (Fsp3) is 0.424. The smallest absolute Gasteiger partial charge is 0.392 e.